The van der Waals surface area contributed by atoms with Crippen molar-refractivity contribution in [3.05, 3.63) is 22.6 Å². The molecule has 94 valence electrons. The Labute approximate surface area is 102 Å². The smallest absolute Gasteiger partial charge is 0.345 e. The van der Waals surface area contributed by atoms with E-state index < -0.39 is 0 Å². The van der Waals surface area contributed by atoms with Crippen LogP contribution in [0.25, 0.3) is 5.65 Å². The van der Waals surface area contributed by atoms with Crippen molar-refractivity contribution in [2.24, 2.45) is 0 Å². The van der Waals surface area contributed by atoms with Gasteiger partial charge in [-0.1, -0.05) is 0 Å². The van der Waals surface area contributed by atoms with Crippen molar-refractivity contribution < 1.29 is 4.79 Å². The van der Waals surface area contributed by atoms with E-state index in [2.05, 4.69) is 15.3 Å². The van der Waals surface area contributed by atoms with E-state index in [1.54, 1.807) is 12.1 Å². The Morgan fingerprint density at radius 1 is 1.39 bits per heavy atom. The average Bonchev–Trinajstić information content (AvgIpc) is 2.80. The Kier molecular flexibility index (Phi) is 2.58. The van der Waals surface area contributed by atoms with E-state index in [1.807, 2.05) is 4.90 Å². The van der Waals surface area contributed by atoms with Crippen molar-refractivity contribution in [2.45, 2.75) is 25.3 Å². The molecule has 1 unspecified atom stereocenters. The second-order valence-corrected chi connectivity index (χ2v) is 4.38. The Morgan fingerprint density at radius 3 is 3.11 bits per heavy atom. The summed E-state index contributed by atoms with van der Waals surface area (Å²) in [6, 6.07) is 3.36. The van der Waals surface area contributed by atoms with Crippen molar-refractivity contribution in [1.82, 2.24) is 19.8 Å². The molecule has 7 heteroatoms. The molecule has 0 aliphatic carbocycles. The maximum Gasteiger partial charge on any atom is 0.364 e. The van der Waals surface area contributed by atoms with Crippen LogP contribution in [-0.4, -0.2) is 38.7 Å². The fourth-order valence-corrected chi connectivity index (χ4v) is 2.33. The number of H-pyrrole nitrogens is 1. The van der Waals surface area contributed by atoms with Crippen LogP contribution in [0.15, 0.2) is 16.9 Å². The summed E-state index contributed by atoms with van der Waals surface area (Å²) < 4.78 is 1.21. The molecule has 1 aliphatic heterocycles. The van der Waals surface area contributed by atoms with E-state index >= 15 is 0 Å². The van der Waals surface area contributed by atoms with E-state index in [4.69, 9.17) is 0 Å². The third-order valence-electron chi connectivity index (χ3n) is 3.26. The minimum Gasteiger partial charge on any atom is -0.345 e. The van der Waals surface area contributed by atoms with Gasteiger partial charge in [0, 0.05) is 6.54 Å². The summed E-state index contributed by atoms with van der Waals surface area (Å²) in [5.41, 5.74) is 0.106. The van der Waals surface area contributed by atoms with Gasteiger partial charge in [-0.05, 0) is 31.4 Å². The fourth-order valence-electron chi connectivity index (χ4n) is 2.33. The highest BCUT2D eigenvalue weighted by Crippen LogP contribution is 2.21. The van der Waals surface area contributed by atoms with Crippen LogP contribution in [0.5, 0.6) is 0 Å². The van der Waals surface area contributed by atoms with Crippen LogP contribution in [0.2, 0.25) is 0 Å². The molecule has 0 aromatic carbocycles. The van der Waals surface area contributed by atoms with Crippen LogP contribution in [0.4, 0.5) is 5.82 Å². The normalized spacial score (nSPS) is 20.2. The van der Waals surface area contributed by atoms with Crippen molar-refractivity contribution >= 4 is 17.8 Å². The fraction of sp³-hybridized carbons (Fsp3) is 0.455. The quantitative estimate of drug-likeness (QED) is 0.754. The summed E-state index contributed by atoms with van der Waals surface area (Å²) in [5.74, 6) is 0.641. The van der Waals surface area contributed by atoms with Crippen molar-refractivity contribution in [3.63, 3.8) is 0 Å². The number of anilines is 1. The third kappa shape index (κ3) is 1.68. The van der Waals surface area contributed by atoms with Crippen molar-refractivity contribution in [1.29, 1.82) is 0 Å². The largest absolute Gasteiger partial charge is 0.364 e. The first-order valence-electron chi connectivity index (χ1n) is 5.96. The summed E-state index contributed by atoms with van der Waals surface area (Å²) in [6.07, 6.45) is 3.87. The second kappa shape index (κ2) is 4.25. The number of nitrogens with zero attached hydrogens (tertiary/aromatic N) is 4. The minimum atomic E-state index is -0.369. The van der Waals surface area contributed by atoms with Gasteiger partial charge >= 0.3 is 5.69 Å². The highest BCUT2D eigenvalue weighted by atomic mass is 16.2. The second-order valence-electron chi connectivity index (χ2n) is 4.38. The number of hydrogen-bond donors (Lipinski definition) is 1. The first-order valence-corrected chi connectivity index (χ1v) is 5.96. The summed E-state index contributed by atoms with van der Waals surface area (Å²) in [7, 11) is 0. The molecule has 1 N–H and O–H groups in total. The molecule has 0 bridgehead atoms. The topological polar surface area (TPSA) is 83.4 Å². The Balaban J connectivity index is 2.04. The van der Waals surface area contributed by atoms with E-state index in [0.717, 1.165) is 32.1 Å². The van der Waals surface area contributed by atoms with Crippen LogP contribution in [0.3, 0.4) is 0 Å². The summed E-state index contributed by atoms with van der Waals surface area (Å²) in [5, 5.41) is 10.4. The molecule has 3 heterocycles. The lowest BCUT2D eigenvalue weighted by Crippen LogP contribution is -2.41. The van der Waals surface area contributed by atoms with Gasteiger partial charge in [0.1, 0.15) is 12.1 Å². The molecule has 1 atom stereocenters. The Bertz CT molecular complexity index is 632. The standard InChI is InChI=1S/C11H13N5O2/c17-7-8-3-1-2-6-15(8)10-5-4-9-12-13-11(18)16(9)14-10/h4-5,7-8H,1-3,6H2,(H,13,18). The lowest BCUT2D eigenvalue weighted by atomic mass is 10.0. The van der Waals surface area contributed by atoms with Crippen LogP contribution in [-0.2, 0) is 4.79 Å². The molecule has 18 heavy (non-hydrogen) atoms. The highest BCUT2D eigenvalue weighted by molar-refractivity contribution is 5.65. The molecule has 0 spiro atoms. The molecule has 1 fully saturated rings. The monoisotopic (exact) mass is 247 g/mol. The molecular formula is C11H13N5O2. The predicted molar refractivity (Wildman–Crippen MR) is 64.7 cm³/mol. The number of hydrogen-bond acceptors (Lipinski definition) is 5. The highest BCUT2D eigenvalue weighted by Gasteiger charge is 2.23. The number of carbonyl (C=O) groups excluding carboxylic acids is 1. The summed E-state index contributed by atoms with van der Waals surface area (Å²) in [4.78, 5) is 24.5. The molecule has 2 aromatic rings. The van der Waals surface area contributed by atoms with Crippen LogP contribution in [0, 0.1) is 0 Å². The lowest BCUT2D eigenvalue weighted by molar-refractivity contribution is -0.109. The predicted octanol–water partition coefficient (Wildman–Crippen LogP) is -0.0246. The molecule has 1 aliphatic rings. The maximum absolute atomic E-state index is 11.5. The van der Waals surface area contributed by atoms with Crippen LogP contribution < -0.4 is 10.6 Å². The summed E-state index contributed by atoms with van der Waals surface area (Å²) >= 11 is 0. The maximum atomic E-state index is 11.5. The number of carbonyl (C=O) groups is 1. The lowest BCUT2D eigenvalue weighted by Gasteiger charge is -2.32. The SMILES string of the molecule is O=CC1CCCCN1c1ccc2n[nH]c(=O)n2n1. The molecule has 2 aromatic heterocycles. The molecular weight excluding hydrogens is 234 g/mol. The Morgan fingerprint density at radius 2 is 2.28 bits per heavy atom. The molecule has 0 amide bonds. The first-order chi connectivity index (χ1) is 8.79. The summed E-state index contributed by atoms with van der Waals surface area (Å²) in [6.45, 7) is 0.786. The van der Waals surface area contributed by atoms with Gasteiger partial charge in [0.25, 0.3) is 0 Å². The zero-order chi connectivity index (χ0) is 12.5. The first kappa shape index (κ1) is 10.9. The van der Waals surface area contributed by atoms with Gasteiger partial charge in [-0.2, -0.15) is 9.61 Å². The number of fused-ring (bicyclic) bond motifs is 1. The van der Waals surface area contributed by atoms with Gasteiger partial charge in [-0.15, -0.1) is 5.10 Å². The number of piperidine rings is 1. The van der Waals surface area contributed by atoms with E-state index in [0.29, 0.717) is 11.5 Å². The van der Waals surface area contributed by atoms with Gasteiger partial charge in [-0.3, -0.25) is 0 Å². The number of nitrogens with one attached hydrogen (secondary N) is 1. The van der Waals surface area contributed by atoms with Crippen molar-refractivity contribution in [2.75, 3.05) is 11.4 Å². The average molecular weight is 247 g/mol. The number of rotatable bonds is 2. The zero-order valence-electron chi connectivity index (χ0n) is 9.74. The molecule has 3 rings (SSSR count). The molecule has 1 saturated heterocycles. The van der Waals surface area contributed by atoms with Gasteiger partial charge < -0.3 is 9.69 Å². The molecule has 7 nitrogen and oxygen atoms in total. The Hall–Kier alpha value is -2.18. The van der Waals surface area contributed by atoms with Crippen molar-refractivity contribution in [3.8, 4) is 0 Å². The van der Waals surface area contributed by atoms with Gasteiger partial charge in [0.05, 0.1) is 6.04 Å². The third-order valence-corrected chi connectivity index (χ3v) is 3.26. The minimum absolute atomic E-state index is 0.147. The number of aldehydes is 1. The van der Waals surface area contributed by atoms with Gasteiger partial charge in [0.15, 0.2) is 5.65 Å². The zero-order valence-corrected chi connectivity index (χ0v) is 9.74. The van der Waals surface area contributed by atoms with E-state index in [-0.39, 0.29) is 11.7 Å². The van der Waals surface area contributed by atoms with Gasteiger partial charge in [-0.25, -0.2) is 9.89 Å². The van der Waals surface area contributed by atoms with Crippen LogP contribution in [0.1, 0.15) is 19.3 Å². The van der Waals surface area contributed by atoms with E-state index in [1.165, 1.54) is 4.52 Å². The molecule has 0 saturated carbocycles. The van der Waals surface area contributed by atoms with E-state index in [9.17, 15) is 9.59 Å². The van der Waals surface area contributed by atoms with Crippen LogP contribution >= 0.6 is 0 Å². The molecule has 0 radical (unpaired) electrons. The number of aromatic amines is 1. The van der Waals surface area contributed by atoms with Gasteiger partial charge in [0.2, 0.25) is 0 Å². The number of aromatic nitrogens is 4.